The number of para-hydroxylation sites is 3. The van der Waals surface area contributed by atoms with Crippen molar-refractivity contribution in [2.45, 2.75) is 13.8 Å². The lowest BCUT2D eigenvalue weighted by atomic mass is 9.97. The summed E-state index contributed by atoms with van der Waals surface area (Å²) in [5.41, 5.74) is 21.0. The zero-order valence-electron chi connectivity index (χ0n) is 38.9. The van der Waals surface area contributed by atoms with E-state index in [0.717, 1.165) is 72.6 Å². The molecule has 0 saturated heterocycles. The van der Waals surface area contributed by atoms with Gasteiger partial charge < -0.3 is 9.13 Å². The molecule has 10 aromatic carbocycles. The van der Waals surface area contributed by atoms with E-state index < -0.39 is 0 Å². The Morgan fingerprint density at radius 2 is 0.714 bits per heavy atom. The molecular formula is C66H46N4. The maximum atomic E-state index is 5.34. The van der Waals surface area contributed by atoms with Gasteiger partial charge in [0.2, 0.25) is 0 Å². The van der Waals surface area contributed by atoms with E-state index in [1.54, 1.807) is 0 Å². The first-order chi connectivity index (χ1) is 34.5. The molecule has 0 amide bonds. The Labute approximate surface area is 407 Å². The molecule has 0 unspecified atom stereocenters. The summed E-state index contributed by atoms with van der Waals surface area (Å²) < 4.78 is 4.93. The second-order valence-electron chi connectivity index (χ2n) is 18.4. The average molecular weight is 895 g/mol. The van der Waals surface area contributed by atoms with E-state index in [-0.39, 0.29) is 0 Å². The first-order valence-electron chi connectivity index (χ1n) is 24.0. The van der Waals surface area contributed by atoms with Crippen molar-refractivity contribution in [3.8, 4) is 78.7 Å². The molecule has 0 saturated carbocycles. The number of aryl methyl sites for hydroxylation is 2. The molecule has 0 spiro atoms. The van der Waals surface area contributed by atoms with Crippen LogP contribution < -0.4 is 0 Å². The SMILES string of the molecule is Cc1cccc(-c2ccc3c(c2)c2ccccc2n3-c2ccccc2-c2ccc(-c3cc(-c4ccccc4)nc(-c4ccccc4)n3)cc2-n2c3ccccc3c3cc(-c4cccc(C)c4)ccc32)c1. The first-order valence-corrected chi connectivity index (χ1v) is 24.0. The average Bonchev–Trinajstić information content (AvgIpc) is 3.93. The second kappa shape index (κ2) is 16.9. The summed E-state index contributed by atoms with van der Waals surface area (Å²) in [7, 11) is 0. The Bertz CT molecular complexity index is 4080. The van der Waals surface area contributed by atoms with Crippen LogP contribution in [0.3, 0.4) is 0 Å². The van der Waals surface area contributed by atoms with Gasteiger partial charge in [-0.05, 0) is 90.7 Å². The zero-order valence-corrected chi connectivity index (χ0v) is 38.9. The van der Waals surface area contributed by atoms with Crippen molar-refractivity contribution in [3.63, 3.8) is 0 Å². The summed E-state index contributed by atoms with van der Waals surface area (Å²) >= 11 is 0. The number of fused-ring (bicyclic) bond motifs is 6. The Kier molecular flexibility index (Phi) is 9.91. The van der Waals surface area contributed by atoms with Crippen molar-refractivity contribution >= 4 is 43.6 Å². The van der Waals surface area contributed by atoms with Crippen LogP contribution in [-0.2, 0) is 0 Å². The van der Waals surface area contributed by atoms with Gasteiger partial charge in [0.15, 0.2) is 5.82 Å². The highest BCUT2D eigenvalue weighted by Gasteiger charge is 2.22. The molecule has 0 bridgehead atoms. The Morgan fingerprint density at radius 1 is 0.271 bits per heavy atom. The smallest absolute Gasteiger partial charge is 0.160 e. The molecule has 0 aliphatic rings. The summed E-state index contributed by atoms with van der Waals surface area (Å²) in [5.74, 6) is 0.686. The predicted molar refractivity (Wildman–Crippen MR) is 293 cm³/mol. The molecule has 3 heterocycles. The van der Waals surface area contributed by atoms with Gasteiger partial charge >= 0.3 is 0 Å². The highest BCUT2D eigenvalue weighted by Crippen LogP contribution is 2.44. The normalized spacial score (nSPS) is 11.6. The van der Waals surface area contributed by atoms with Crippen LogP contribution in [0.5, 0.6) is 0 Å². The molecule has 0 aliphatic heterocycles. The third-order valence-corrected chi connectivity index (χ3v) is 13.8. The van der Waals surface area contributed by atoms with Crippen LogP contribution in [0.15, 0.2) is 243 Å². The quantitative estimate of drug-likeness (QED) is 0.152. The summed E-state index contributed by atoms with van der Waals surface area (Å²) in [4.78, 5) is 10.5. The fourth-order valence-electron chi connectivity index (χ4n) is 10.5. The van der Waals surface area contributed by atoms with E-state index in [1.165, 1.54) is 54.9 Å². The fraction of sp³-hybridized carbons (Fsp3) is 0.0303. The number of aromatic nitrogens is 4. The maximum Gasteiger partial charge on any atom is 0.160 e. The minimum atomic E-state index is 0.686. The van der Waals surface area contributed by atoms with E-state index >= 15 is 0 Å². The standard InChI is InChI=1S/C66H46N4/c1-43-17-15-23-47(37-43)49-32-35-63-56(39-49)53-26-10-13-29-61(53)69(63)60-28-12-9-25-52(60)55-34-31-51(59-42-58(45-19-5-3-6-20-45)67-66(68-59)46-21-7-4-8-22-46)41-65(55)70-62-30-14-11-27-54(62)57-40-50(33-36-64(57)70)48-24-16-18-44(2)38-48/h3-42H,1-2H3. The first kappa shape index (κ1) is 41.1. The van der Waals surface area contributed by atoms with Gasteiger partial charge in [-0.3, -0.25) is 0 Å². The Hall–Kier alpha value is -9.12. The number of benzene rings is 10. The van der Waals surface area contributed by atoms with Crippen LogP contribution in [0.4, 0.5) is 0 Å². The number of hydrogen-bond acceptors (Lipinski definition) is 2. The maximum absolute atomic E-state index is 5.34. The topological polar surface area (TPSA) is 35.6 Å². The van der Waals surface area contributed by atoms with E-state index in [9.17, 15) is 0 Å². The van der Waals surface area contributed by atoms with Crippen molar-refractivity contribution < 1.29 is 0 Å². The molecule has 0 radical (unpaired) electrons. The number of rotatable bonds is 8. The van der Waals surface area contributed by atoms with Crippen LogP contribution >= 0.6 is 0 Å². The fourth-order valence-corrected chi connectivity index (χ4v) is 10.5. The molecule has 0 atom stereocenters. The van der Waals surface area contributed by atoms with E-state index in [4.69, 9.17) is 9.97 Å². The molecule has 3 aromatic heterocycles. The molecule has 0 N–H and O–H groups in total. The van der Waals surface area contributed by atoms with Crippen molar-refractivity contribution in [3.05, 3.63) is 254 Å². The van der Waals surface area contributed by atoms with Gasteiger partial charge in [0.1, 0.15) is 0 Å². The lowest BCUT2D eigenvalue weighted by Crippen LogP contribution is -2.02. The lowest BCUT2D eigenvalue weighted by Gasteiger charge is -2.20. The molecular weight excluding hydrogens is 849 g/mol. The summed E-state index contributed by atoms with van der Waals surface area (Å²) in [5, 5.41) is 4.84. The van der Waals surface area contributed by atoms with Gasteiger partial charge in [0, 0.05) is 49.4 Å². The monoisotopic (exact) mass is 894 g/mol. The van der Waals surface area contributed by atoms with E-state index in [0.29, 0.717) is 5.82 Å². The molecule has 0 aliphatic carbocycles. The van der Waals surface area contributed by atoms with E-state index in [1.807, 2.05) is 24.3 Å². The van der Waals surface area contributed by atoms with Gasteiger partial charge in [0.25, 0.3) is 0 Å². The van der Waals surface area contributed by atoms with Crippen molar-refractivity contribution in [2.75, 3.05) is 0 Å². The van der Waals surface area contributed by atoms with Gasteiger partial charge in [-0.25, -0.2) is 9.97 Å². The summed E-state index contributed by atoms with van der Waals surface area (Å²) in [6.45, 7) is 4.32. The molecule has 4 heteroatoms. The van der Waals surface area contributed by atoms with Crippen molar-refractivity contribution in [1.29, 1.82) is 0 Å². The molecule has 13 rings (SSSR count). The molecule has 330 valence electrons. The van der Waals surface area contributed by atoms with Gasteiger partial charge in [-0.1, -0.05) is 199 Å². The van der Waals surface area contributed by atoms with Crippen molar-refractivity contribution in [2.24, 2.45) is 0 Å². The predicted octanol–water partition coefficient (Wildman–Crippen LogP) is 17.3. The third-order valence-electron chi connectivity index (χ3n) is 13.8. The molecule has 4 nitrogen and oxygen atoms in total. The Morgan fingerprint density at radius 3 is 1.31 bits per heavy atom. The summed E-state index contributed by atoms with van der Waals surface area (Å²) in [6.07, 6.45) is 0. The highest BCUT2D eigenvalue weighted by atomic mass is 15.0. The lowest BCUT2D eigenvalue weighted by molar-refractivity contribution is 1.15. The van der Waals surface area contributed by atoms with Crippen LogP contribution in [0, 0.1) is 13.8 Å². The molecule has 13 aromatic rings. The number of nitrogens with zero attached hydrogens (tertiary/aromatic N) is 4. The van der Waals surface area contributed by atoms with Crippen LogP contribution in [0.2, 0.25) is 0 Å². The van der Waals surface area contributed by atoms with Crippen molar-refractivity contribution in [1.82, 2.24) is 19.1 Å². The van der Waals surface area contributed by atoms with Crippen LogP contribution in [0.25, 0.3) is 122 Å². The largest absolute Gasteiger partial charge is 0.309 e. The van der Waals surface area contributed by atoms with Gasteiger partial charge in [0.05, 0.1) is 44.8 Å². The minimum Gasteiger partial charge on any atom is -0.309 e. The van der Waals surface area contributed by atoms with Gasteiger partial charge in [-0.2, -0.15) is 0 Å². The second-order valence-corrected chi connectivity index (χ2v) is 18.4. The van der Waals surface area contributed by atoms with Crippen LogP contribution in [-0.4, -0.2) is 19.1 Å². The highest BCUT2D eigenvalue weighted by molar-refractivity contribution is 6.13. The Balaban J connectivity index is 1.08. The van der Waals surface area contributed by atoms with Gasteiger partial charge in [-0.15, -0.1) is 0 Å². The number of hydrogen-bond donors (Lipinski definition) is 0. The minimum absolute atomic E-state index is 0.686. The van der Waals surface area contributed by atoms with Crippen LogP contribution in [0.1, 0.15) is 11.1 Å². The zero-order chi connectivity index (χ0) is 46.7. The molecule has 70 heavy (non-hydrogen) atoms. The van der Waals surface area contributed by atoms with E-state index in [2.05, 4.69) is 241 Å². The molecule has 0 fully saturated rings. The third kappa shape index (κ3) is 7.08. The summed E-state index contributed by atoms with van der Waals surface area (Å²) in [6, 6.07) is 87.7.